The molecule has 1 unspecified atom stereocenters. The van der Waals surface area contributed by atoms with E-state index in [1.165, 1.54) is 35.6 Å². The van der Waals surface area contributed by atoms with Crippen LogP contribution in [0.5, 0.6) is 0 Å². The van der Waals surface area contributed by atoms with Gasteiger partial charge in [0.25, 0.3) is 5.91 Å². The summed E-state index contributed by atoms with van der Waals surface area (Å²) in [6.07, 6.45) is 0.494. The number of anilines is 1. The fourth-order valence-corrected chi connectivity index (χ4v) is 4.64. The summed E-state index contributed by atoms with van der Waals surface area (Å²) in [5.74, 6) is -3.47. The molecule has 2 amide bonds. The number of nitrogens with one attached hydrogen (secondary N) is 2. The molecule has 0 saturated carbocycles. The molecule has 2 N–H and O–H groups in total. The van der Waals surface area contributed by atoms with Gasteiger partial charge in [0.2, 0.25) is 15.9 Å². The normalized spacial score (nSPS) is 16.3. The third-order valence-corrected chi connectivity index (χ3v) is 6.43. The Morgan fingerprint density at radius 1 is 1.10 bits per heavy atom. The maximum Gasteiger partial charge on any atom is 0.252 e. The summed E-state index contributed by atoms with van der Waals surface area (Å²) in [4.78, 5) is 24.9. The maximum atomic E-state index is 13.6. The van der Waals surface area contributed by atoms with Crippen LogP contribution in [0.15, 0.2) is 42.5 Å². The maximum absolute atomic E-state index is 13.6. The molecule has 0 radical (unpaired) electrons. The molecule has 0 bridgehead atoms. The molecule has 1 atom stereocenters. The lowest BCUT2D eigenvalue weighted by Gasteiger charge is -2.20. The number of hydrogen-bond donors (Lipinski definition) is 2. The van der Waals surface area contributed by atoms with Gasteiger partial charge in [-0.05, 0) is 42.3 Å². The highest BCUT2D eigenvalue weighted by molar-refractivity contribution is 7.93. The first-order chi connectivity index (χ1) is 13.7. The van der Waals surface area contributed by atoms with Gasteiger partial charge in [-0.15, -0.1) is 0 Å². The van der Waals surface area contributed by atoms with Crippen molar-refractivity contribution in [3.63, 3.8) is 0 Å². The molecule has 1 saturated heterocycles. The predicted molar refractivity (Wildman–Crippen MR) is 103 cm³/mol. The molecular formula is C19H19F2N3O4S. The van der Waals surface area contributed by atoms with E-state index in [0.717, 1.165) is 12.1 Å². The van der Waals surface area contributed by atoms with E-state index in [2.05, 4.69) is 10.6 Å². The number of benzene rings is 2. The van der Waals surface area contributed by atoms with Crippen molar-refractivity contribution in [2.75, 3.05) is 23.7 Å². The lowest BCUT2D eigenvalue weighted by Crippen LogP contribution is -2.39. The van der Waals surface area contributed by atoms with E-state index in [1.807, 2.05) is 0 Å². The summed E-state index contributed by atoms with van der Waals surface area (Å²) in [6.45, 7) is 0.323. The molecular weight excluding hydrogens is 404 g/mol. The highest BCUT2D eigenvalue weighted by Crippen LogP contribution is 2.25. The second-order valence-electron chi connectivity index (χ2n) is 6.49. The van der Waals surface area contributed by atoms with Crippen molar-refractivity contribution in [2.45, 2.75) is 12.5 Å². The Bertz CT molecular complexity index is 1060. The van der Waals surface area contributed by atoms with Crippen LogP contribution in [-0.2, 0) is 14.8 Å². The summed E-state index contributed by atoms with van der Waals surface area (Å²) in [5, 5.41) is 4.84. The standard InChI is InChI=1S/C19H19F2N3O4S/c1-22-19(26)17(12-6-7-15(20)16(21)11-12)23-18(25)13-4-2-5-14(10-13)24-8-3-9-29(24,27)28/h2,4-7,10-11,17H,3,8-9H2,1H3,(H,22,26)(H,23,25). The third kappa shape index (κ3) is 4.37. The molecule has 1 aliphatic rings. The Balaban J connectivity index is 1.87. The first-order valence-corrected chi connectivity index (χ1v) is 10.4. The molecule has 1 heterocycles. The summed E-state index contributed by atoms with van der Waals surface area (Å²) < 4.78 is 52.2. The van der Waals surface area contributed by atoms with Crippen LogP contribution in [-0.4, -0.2) is 39.6 Å². The first kappa shape index (κ1) is 20.7. The van der Waals surface area contributed by atoms with Gasteiger partial charge in [0.15, 0.2) is 11.6 Å². The van der Waals surface area contributed by atoms with Crippen LogP contribution in [0.25, 0.3) is 0 Å². The van der Waals surface area contributed by atoms with Crippen LogP contribution < -0.4 is 14.9 Å². The zero-order valence-corrected chi connectivity index (χ0v) is 16.3. The van der Waals surface area contributed by atoms with E-state index < -0.39 is 39.5 Å². The van der Waals surface area contributed by atoms with Crippen molar-refractivity contribution in [3.05, 3.63) is 65.2 Å². The smallest absolute Gasteiger partial charge is 0.252 e. The average Bonchev–Trinajstić information content (AvgIpc) is 3.06. The van der Waals surface area contributed by atoms with Gasteiger partial charge < -0.3 is 10.6 Å². The Labute approximate surface area is 166 Å². The number of sulfonamides is 1. The highest BCUT2D eigenvalue weighted by atomic mass is 32.2. The number of amides is 2. The summed E-state index contributed by atoms with van der Waals surface area (Å²) in [7, 11) is -2.07. The molecule has 0 spiro atoms. The zero-order chi connectivity index (χ0) is 21.2. The Morgan fingerprint density at radius 3 is 2.48 bits per heavy atom. The van der Waals surface area contributed by atoms with Gasteiger partial charge in [-0.1, -0.05) is 12.1 Å². The second kappa shape index (κ2) is 8.16. The Morgan fingerprint density at radius 2 is 1.86 bits per heavy atom. The van der Waals surface area contributed by atoms with Gasteiger partial charge in [-0.3, -0.25) is 13.9 Å². The van der Waals surface area contributed by atoms with E-state index in [0.29, 0.717) is 18.7 Å². The van der Waals surface area contributed by atoms with Crippen molar-refractivity contribution in [1.82, 2.24) is 10.6 Å². The minimum atomic E-state index is -3.41. The molecule has 10 heteroatoms. The monoisotopic (exact) mass is 423 g/mol. The van der Waals surface area contributed by atoms with Gasteiger partial charge in [0, 0.05) is 19.2 Å². The molecule has 3 rings (SSSR count). The average molecular weight is 423 g/mol. The highest BCUT2D eigenvalue weighted by Gasteiger charge is 2.29. The Hall–Kier alpha value is -3.01. The SMILES string of the molecule is CNC(=O)C(NC(=O)c1cccc(N2CCCS2(=O)=O)c1)c1ccc(F)c(F)c1. The topological polar surface area (TPSA) is 95.6 Å². The molecule has 0 aromatic heterocycles. The van der Waals surface area contributed by atoms with E-state index in [-0.39, 0.29) is 16.9 Å². The fourth-order valence-electron chi connectivity index (χ4n) is 3.08. The summed E-state index contributed by atoms with van der Waals surface area (Å²) in [6, 6.07) is 7.62. The molecule has 154 valence electrons. The number of carbonyl (C=O) groups excluding carboxylic acids is 2. The number of halogens is 2. The van der Waals surface area contributed by atoms with Crippen LogP contribution in [0, 0.1) is 11.6 Å². The molecule has 1 aliphatic heterocycles. The van der Waals surface area contributed by atoms with Gasteiger partial charge in [0.1, 0.15) is 6.04 Å². The van der Waals surface area contributed by atoms with E-state index in [1.54, 1.807) is 6.07 Å². The molecule has 0 aliphatic carbocycles. The van der Waals surface area contributed by atoms with Crippen LogP contribution >= 0.6 is 0 Å². The van der Waals surface area contributed by atoms with Gasteiger partial charge >= 0.3 is 0 Å². The van der Waals surface area contributed by atoms with Crippen molar-refractivity contribution in [2.24, 2.45) is 0 Å². The van der Waals surface area contributed by atoms with Crippen LogP contribution in [0.3, 0.4) is 0 Å². The Kier molecular flexibility index (Phi) is 5.83. The fraction of sp³-hybridized carbons (Fsp3) is 0.263. The van der Waals surface area contributed by atoms with Gasteiger partial charge in [0.05, 0.1) is 11.4 Å². The van der Waals surface area contributed by atoms with Crippen molar-refractivity contribution < 1.29 is 26.8 Å². The zero-order valence-electron chi connectivity index (χ0n) is 15.5. The predicted octanol–water partition coefficient (Wildman–Crippen LogP) is 1.72. The third-order valence-electron chi connectivity index (χ3n) is 4.56. The van der Waals surface area contributed by atoms with E-state index in [4.69, 9.17) is 0 Å². The number of rotatable bonds is 5. The van der Waals surface area contributed by atoms with E-state index >= 15 is 0 Å². The van der Waals surface area contributed by atoms with Crippen molar-refractivity contribution >= 4 is 27.5 Å². The lowest BCUT2D eigenvalue weighted by atomic mass is 10.0. The summed E-state index contributed by atoms with van der Waals surface area (Å²) in [5.41, 5.74) is 0.537. The number of likely N-dealkylation sites (N-methyl/N-ethyl adjacent to an activating group) is 1. The van der Waals surface area contributed by atoms with Crippen LogP contribution in [0.4, 0.5) is 14.5 Å². The van der Waals surface area contributed by atoms with Gasteiger partial charge in [-0.25, -0.2) is 17.2 Å². The molecule has 1 fully saturated rings. The summed E-state index contributed by atoms with van der Waals surface area (Å²) >= 11 is 0. The molecule has 7 nitrogen and oxygen atoms in total. The van der Waals surface area contributed by atoms with Crippen LogP contribution in [0.1, 0.15) is 28.4 Å². The van der Waals surface area contributed by atoms with Crippen LogP contribution in [0.2, 0.25) is 0 Å². The second-order valence-corrected chi connectivity index (χ2v) is 8.50. The number of hydrogen-bond acceptors (Lipinski definition) is 4. The quantitative estimate of drug-likeness (QED) is 0.766. The van der Waals surface area contributed by atoms with Gasteiger partial charge in [-0.2, -0.15) is 0 Å². The molecule has 2 aromatic carbocycles. The lowest BCUT2D eigenvalue weighted by molar-refractivity contribution is -0.122. The molecule has 2 aromatic rings. The number of carbonyl (C=O) groups is 2. The minimum absolute atomic E-state index is 0.0400. The largest absolute Gasteiger partial charge is 0.357 e. The van der Waals surface area contributed by atoms with Crippen molar-refractivity contribution in [1.29, 1.82) is 0 Å². The molecule has 29 heavy (non-hydrogen) atoms. The first-order valence-electron chi connectivity index (χ1n) is 8.81. The number of nitrogens with zero attached hydrogens (tertiary/aromatic N) is 1. The van der Waals surface area contributed by atoms with E-state index in [9.17, 15) is 26.8 Å². The van der Waals surface area contributed by atoms with Crippen molar-refractivity contribution in [3.8, 4) is 0 Å². The minimum Gasteiger partial charge on any atom is -0.357 e.